The Labute approximate surface area is 116 Å². The number of hydrogen-bond donors (Lipinski definition) is 0. The molecule has 1 aromatic carbocycles. The van der Waals surface area contributed by atoms with Crippen molar-refractivity contribution in [2.45, 2.75) is 39.1 Å². The van der Waals surface area contributed by atoms with Gasteiger partial charge < -0.3 is 4.57 Å². The zero-order valence-corrected chi connectivity index (χ0v) is 12.8. The molecule has 0 saturated heterocycles. The number of benzene rings is 1. The molecule has 96 valence electrons. The van der Waals surface area contributed by atoms with Crippen LogP contribution in [-0.2, 0) is 5.33 Å². The van der Waals surface area contributed by atoms with Crippen molar-refractivity contribution in [1.82, 2.24) is 14.8 Å². The Hall–Kier alpha value is -1.16. The van der Waals surface area contributed by atoms with Crippen LogP contribution in [0.2, 0.25) is 0 Å². The van der Waals surface area contributed by atoms with Gasteiger partial charge in [0.15, 0.2) is 5.82 Å². The SMILES string of the molecule is Cc1ccc(-c2nnc(CBr)n2C(C)C)cc1C. The summed E-state index contributed by atoms with van der Waals surface area (Å²) in [6.07, 6.45) is 0. The van der Waals surface area contributed by atoms with Gasteiger partial charge >= 0.3 is 0 Å². The topological polar surface area (TPSA) is 30.7 Å². The maximum Gasteiger partial charge on any atom is 0.164 e. The molecule has 0 amide bonds. The second-order valence-corrected chi connectivity index (χ2v) is 5.40. The number of hydrogen-bond acceptors (Lipinski definition) is 2. The average Bonchev–Trinajstić information content (AvgIpc) is 2.76. The second kappa shape index (κ2) is 5.22. The third-order valence-electron chi connectivity index (χ3n) is 3.17. The maximum atomic E-state index is 4.33. The molecular weight excluding hydrogens is 290 g/mol. The van der Waals surface area contributed by atoms with Crippen molar-refractivity contribution in [1.29, 1.82) is 0 Å². The summed E-state index contributed by atoms with van der Waals surface area (Å²) < 4.78 is 2.18. The van der Waals surface area contributed by atoms with Crippen molar-refractivity contribution < 1.29 is 0 Å². The molecule has 0 aliphatic rings. The molecule has 0 unspecified atom stereocenters. The minimum atomic E-state index is 0.351. The number of aromatic nitrogens is 3. The van der Waals surface area contributed by atoms with E-state index >= 15 is 0 Å². The Balaban J connectivity index is 2.56. The standard InChI is InChI=1S/C14H18BrN3/c1-9(2)18-13(8-15)16-17-14(18)12-6-5-10(3)11(4)7-12/h5-7,9H,8H2,1-4H3. The van der Waals surface area contributed by atoms with Gasteiger partial charge in [0.25, 0.3) is 0 Å². The molecule has 0 fully saturated rings. The van der Waals surface area contributed by atoms with Crippen LogP contribution in [0.5, 0.6) is 0 Å². The predicted molar refractivity (Wildman–Crippen MR) is 77.9 cm³/mol. The molecule has 2 aromatic rings. The highest BCUT2D eigenvalue weighted by molar-refractivity contribution is 9.08. The van der Waals surface area contributed by atoms with Crippen LogP contribution in [0.25, 0.3) is 11.4 Å². The molecular formula is C14H18BrN3. The molecule has 1 heterocycles. The van der Waals surface area contributed by atoms with Gasteiger partial charge in [0.2, 0.25) is 0 Å². The van der Waals surface area contributed by atoms with E-state index in [9.17, 15) is 0 Å². The molecule has 1 aromatic heterocycles. The molecule has 18 heavy (non-hydrogen) atoms. The van der Waals surface area contributed by atoms with Crippen LogP contribution in [0.1, 0.15) is 36.8 Å². The Morgan fingerprint density at radius 2 is 1.89 bits per heavy atom. The smallest absolute Gasteiger partial charge is 0.164 e. The minimum absolute atomic E-state index is 0.351. The van der Waals surface area contributed by atoms with Gasteiger partial charge in [-0.3, -0.25) is 0 Å². The molecule has 0 spiro atoms. The van der Waals surface area contributed by atoms with Gasteiger partial charge in [-0.2, -0.15) is 0 Å². The number of nitrogens with zero attached hydrogens (tertiary/aromatic N) is 3. The Bertz CT molecular complexity index is 558. The van der Waals surface area contributed by atoms with Crippen LogP contribution in [0.3, 0.4) is 0 Å². The van der Waals surface area contributed by atoms with Crippen molar-refractivity contribution in [2.75, 3.05) is 0 Å². The van der Waals surface area contributed by atoms with Gasteiger partial charge in [-0.15, -0.1) is 10.2 Å². The summed E-state index contributed by atoms with van der Waals surface area (Å²) in [5.41, 5.74) is 3.72. The van der Waals surface area contributed by atoms with E-state index in [1.54, 1.807) is 0 Å². The maximum absolute atomic E-state index is 4.33. The number of aryl methyl sites for hydroxylation is 2. The average molecular weight is 308 g/mol. The highest BCUT2D eigenvalue weighted by Gasteiger charge is 2.15. The second-order valence-electron chi connectivity index (χ2n) is 4.84. The summed E-state index contributed by atoms with van der Waals surface area (Å²) >= 11 is 3.47. The van der Waals surface area contributed by atoms with Crippen LogP contribution in [-0.4, -0.2) is 14.8 Å². The normalized spacial score (nSPS) is 11.2. The lowest BCUT2D eigenvalue weighted by molar-refractivity contribution is 0.586. The van der Waals surface area contributed by atoms with Gasteiger partial charge in [-0.25, -0.2) is 0 Å². The molecule has 0 bridgehead atoms. The molecule has 0 aliphatic heterocycles. The van der Waals surface area contributed by atoms with Crippen molar-refractivity contribution in [3.63, 3.8) is 0 Å². The third-order valence-corrected chi connectivity index (χ3v) is 3.67. The molecule has 0 atom stereocenters. The molecule has 3 nitrogen and oxygen atoms in total. The van der Waals surface area contributed by atoms with Crippen molar-refractivity contribution in [2.24, 2.45) is 0 Å². The van der Waals surface area contributed by atoms with Crippen LogP contribution in [0.15, 0.2) is 18.2 Å². The molecule has 0 aliphatic carbocycles. The lowest BCUT2D eigenvalue weighted by atomic mass is 10.1. The van der Waals surface area contributed by atoms with E-state index in [2.05, 4.69) is 76.6 Å². The number of alkyl halides is 1. The van der Waals surface area contributed by atoms with Crippen LogP contribution < -0.4 is 0 Å². The first-order valence-corrected chi connectivity index (χ1v) is 7.24. The molecule has 0 radical (unpaired) electrons. The number of rotatable bonds is 3. The van der Waals surface area contributed by atoms with Crippen molar-refractivity contribution >= 4 is 15.9 Å². The van der Waals surface area contributed by atoms with Gasteiger partial charge in [0.1, 0.15) is 5.82 Å². The summed E-state index contributed by atoms with van der Waals surface area (Å²) in [6.45, 7) is 8.55. The fourth-order valence-electron chi connectivity index (χ4n) is 2.03. The van der Waals surface area contributed by atoms with Crippen molar-refractivity contribution in [3.8, 4) is 11.4 Å². The minimum Gasteiger partial charge on any atom is -0.308 e. The van der Waals surface area contributed by atoms with Crippen LogP contribution in [0, 0.1) is 13.8 Å². The summed E-state index contributed by atoms with van der Waals surface area (Å²) in [7, 11) is 0. The summed E-state index contributed by atoms with van der Waals surface area (Å²) in [5, 5.41) is 9.31. The molecule has 0 saturated carbocycles. The van der Waals surface area contributed by atoms with Crippen LogP contribution >= 0.6 is 15.9 Å². The van der Waals surface area contributed by atoms with Gasteiger partial charge in [0, 0.05) is 11.6 Å². The van der Waals surface area contributed by atoms with E-state index in [0.717, 1.165) is 22.5 Å². The van der Waals surface area contributed by atoms with Crippen LogP contribution in [0.4, 0.5) is 0 Å². The first-order valence-electron chi connectivity index (χ1n) is 6.12. The van der Waals surface area contributed by atoms with Gasteiger partial charge in [-0.1, -0.05) is 28.1 Å². The fraction of sp³-hybridized carbons (Fsp3) is 0.429. The largest absolute Gasteiger partial charge is 0.308 e. The fourth-order valence-corrected chi connectivity index (χ4v) is 2.42. The first kappa shape index (κ1) is 13.3. The van der Waals surface area contributed by atoms with E-state index in [1.807, 2.05) is 0 Å². The highest BCUT2D eigenvalue weighted by atomic mass is 79.9. The summed E-state index contributed by atoms with van der Waals surface area (Å²) in [5.74, 6) is 1.92. The quantitative estimate of drug-likeness (QED) is 0.801. The monoisotopic (exact) mass is 307 g/mol. The molecule has 0 N–H and O–H groups in total. The van der Waals surface area contributed by atoms with E-state index in [4.69, 9.17) is 0 Å². The number of halogens is 1. The third kappa shape index (κ3) is 2.34. The Morgan fingerprint density at radius 1 is 1.17 bits per heavy atom. The zero-order chi connectivity index (χ0) is 13.3. The lowest BCUT2D eigenvalue weighted by Crippen LogP contribution is -2.07. The van der Waals surface area contributed by atoms with Gasteiger partial charge in [0.05, 0.1) is 5.33 Å². The highest BCUT2D eigenvalue weighted by Crippen LogP contribution is 2.25. The Morgan fingerprint density at radius 3 is 2.44 bits per heavy atom. The van der Waals surface area contributed by atoms with E-state index in [1.165, 1.54) is 11.1 Å². The van der Waals surface area contributed by atoms with Crippen molar-refractivity contribution in [3.05, 3.63) is 35.2 Å². The first-order chi connectivity index (χ1) is 8.54. The van der Waals surface area contributed by atoms with E-state index in [-0.39, 0.29) is 0 Å². The van der Waals surface area contributed by atoms with E-state index in [0.29, 0.717) is 6.04 Å². The Kier molecular flexibility index (Phi) is 3.85. The molecule has 2 rings (SSSR count). The van der Waals surface area contributed by atoms with E-state index < -0.39 is 0 Å². The summed E-state index contributed by atoms with van der Waals surface area (Å²) in [6, 6.07) is 6.78. The lowest BCUT2D eigenvalue weighted by Gasteiger charge is -2.13. The molecule has 4 heteroatoms. The van der Waals surface area contributed by atoms with Gasteiger partial charge in [-0.05, 0) is 44.9 Å². The summed E-state index contributed by atoms with van der Waals surface area (Å²) in [4.78, 5) is 0. The zero-order valence-electron chi connectivity index (χ0n) is 11.2. The predicted octanol–water partition coefficient (Wildman–Crippen LogP) is 4.04.